The smallest absolute Gasteiger partial charge is 0.338 e. The quantitative estimate of drug-likeness (QED) is 0.497. The summed E-state index contributed by atoms with van der Waals surface area (Å²) < 4.78 is 7.02. The van der Waals surface area contributed by atoms with Gasteiger partial charge < -0.3 is 9.14 Å². The van der Waals surface area contributed by atoms with E-state index < -0.39 is 5.97 Å². The molecular weight excluding hydrogens is 326 g/mol. The standard InChI is InChI=1S/C22H23NO3/c1-6-26-22(25)20-11-19-10-18(17-8-7-13(2)14(3)9-17)12-23(19)21(15(20)4)16(5)24/h7-12H,6H2,1-5H3. The average Bonchev–Trinajstić information content (AvgIpc) is 2.99. The molecule has 0 radical (unpaired) electrons. The third-order valence-electron chi connectivity index (χ3n) is 4.81. The number of hydrogen-bond acceptors (Lipinski definition) is 3. The Hall–Kier alpha value is -2.88. The van der Waals surface area contributed by atoms with E-state index in [0.717, 1.165) is 16.6 Å². The summed E-state index contributed by atoms with van der Waals surface area (Å²) in [6.45, 7) is 9.54. The number of Topliss-reactive ketones (excluding diaryl/α,β-unsaturated/α-hetero) is 1. The molecule has 0 saturated heterocycles. The normalized spacial score (nSPS) is 11.0. The lowest BCUT2D eigenvalue weighted by molar-refractivity contribution is 0.0525. The van der Waals surface area contributed by atoms with E-state index in [1.54, 1.807) is 19.9 Å². The molecule has 0 saturated carbocycles. The van der Waals surface area contributed by atoms with Crippen LogP contribution >= 0.6 is 0 Å². The summed E-state index contributed by atoms with van der Waals surface area (Å²) in [7, 11) is 0. The number of ether oxygens (including phenoxy) is 1. The maximum absolute atomic E-state index is 12.3. The van der Waals surface area contributed by atoms with E-state index >= 15 is 0 Å². The zero-order valence-corrected chi connectivity index (χ0v) is 15.8. The number of hydrogen-bond donors (Lipinski definition) is 0. The van der Waals surface area contributed by atoms with E-state index in [1.165, 1.54) is 18.1 Å². The van der Waals surface area contributed by atoms with Crippen molar-refractivity contribution in [1.82, 2.24) is 4.40 Å². The van der Waals surface area contributed by atoms with Crippen LogP contribution in [0.2, 0.25) is 0 Å². The van der Waals surface area contributed by atoms with Crippen molar-refractivity contribution < 1.29 is 14.3 Å². The molecule has 1 aromatic carbocycles. The summed E-state index contributed by atoms with van der Waals surface area (Å²) in [4.78, 5) is 24.6. The molecule has 0 aliphatic carbocycles. The second kappa shape index (κ2) is 6.79. The average molecular weight is 349 g/mol. The van der Waals surface area contributed by atoms with E-state index in [2.05, 4.69) is 32.0 Å². The SMILES string of the molecule is CCOC(=O)c1cc2cc(-c3ccc(C)c(C)c3)cn2c(C(C)=O)c1C. The number of pyridine rings is 1. The minimum absolute atomic E-state index is 0.0825. The van der Waals surface area contributed by atoms with Gasteiger partial charge in [0.2, 0.25) is 0 Å². The third-order valence-corrected chi connectivity index (χ3v) is 4.81. The molecule has 0 spiro atoms. The van der Waals surface area contributed by atoms with E-state index in [0.29, 0.717) is 23.4 Å². The summed E-state index contributed by atoms with van der Waals surface area (Å²) >= 11 is 0. The van der Waals surface area contributed by atoms with Gasteiger partial charge >= 0.3 is 5.97 Å². The van der Waals surface area contributed by atoms with Gasteiger partial charge in [-0.2, -0.15) is 0 Å². The highest BCUT2D eigenvalue weighted by Crippen LogP contribution is 2.28. The molecule has 4 heteroatoms. The predicted molar refractivity (Wildman–Crippen MR) is 103 cm³/mol. The first-order valence-corrected chi connectivity index (χ1v) is 8.74. The minimum atomic E-state index is -0.399. The second-order valence-corrected chi connectivity index (χ2v) is 6.63. The molecule has 3 aromatic rings. The first-order chi connectivity index (χ1) is 12.3. The van der Waals surface area contributed by atoms with Gasteiger partial charge in [-0.15, -0.1) is 0 Å². The number of carbonyl (C=O) groups excluding carboxylic acids is 2. The van der Waals surface area contributed by atoms with Gasteiger partial charge in [0.15, 0.2) is 5.78 Å². The van der Waals surface area contributed by atoms with E-state index in [1.807, 2.05) is 16.7 Å². The van der Waals surface area contributed by atoms with Crippen molar-refractivity contribution in [3.8, 4) is 11.1 Å². The molecule has 2 aromatic heterocycles. The fourth-order valence-corrected chi connectivity index (χ4v) is 3.28. The molecule has 0 unspecified atom stereocenters. The van der Waals surface area contributed by atoms with Crippen molar-refractivity contribution in [2.24, 2.45) is 0 Å². The van der Waals surface area contributed by atoms with E-state index in [9.17, 15) is 9.59 Å². The van der Waals surface area contributed by atoms with Crippen LogP contribution in [0.3, 0.4) is 0 Å². The van der Waals surface area contributed by atoms with Crippen molar-refractivity contribution in [2.45, 2.75) is 34.6 Å². The minimum Gasteiger partial charge on any atom is -0.462 e. The van der Waals surface area contributed by atoms with Crippen LogP contribution in [0.4, 0.5) is 0 Å². The number of esters is 1. The predicted octanol–water partition coefficient (Wildman–Crippen LogP) is 4.91. The Labute approximate surface area is 153 Å². The molecule has 0 aliphatic rings. The van der Waals surface area contributed by atoms with Crippen molar-refractivity contribution in [3.63, 3.8) is 0 Å². The number of rotatable bonds is 4. The summed E-state index contributed by atoms with van der Waals surface area (Å²) in [6, 6.07) is 10.1. The lowest BCUT2D eigenvalue weighted by Crippen LogP contribution is -2.13. The topological polar surface area (TPSA) is 47.8 Å². The summed E-state index contributed by atoms with van der Waals surface area (Å²) in [5, 5.41) is 0. The molecule has 2 heterocycles. The fourth-order valence-electron chi connectivity index (χ4n) is 3.28. The number of nitrogens with zero attached hydrogens (tertiary/aromatic N) is 1. The van der Waals surface area contributed by atoms with Crippen LogP contribution in [0.25, 0.3) is 16.6 Å². The summed E-state index contributed by atoms with van der Waals surface area (Å²) in [5.41, 5.74) is 6.95. The van der Waals surface area contributed by atoms with Crippen LogP contribution in [0.15, 0.2) is 36.5 Å². The van der Waals surface area contributed by atoms with Gasteiger partial charge in [-0.05, 0) is 62.1 Å². The number of carbonyl (C=O) groups is 2. The highest BCUT2D eigenvalue weighted by molar-refractivity contribution is 6.01. The largest absolute Gasteiger partial charge is 0.462 e. The molecule has 0 aliphatic heterocycles. The van der Waals surface area contributed by atoms with E-state index in [-0.39, 0.29) is 5.78 Å². The van der Waals surface area contributed by atoms with Gasteiger partial charge in [0.05, 0.1) is 17.9 Å². The Morgan fingerprint density at radius 1 is 1.00 bits per heavy atom. The number of aromatic nitrogens is 1. The molecule has 134 valence electrons. The molecule has 0 atom stereocenters. The maximum atomic E-state index is 12.3. The molecule has 0 bridgehead atoms. The summed E-state index contributed by atoms with van der Waals surface area (Å²) in [5.74, 6) is -0.482. The van der Waals surface area contributed by atoms with Crippen LogP contribution < -0.4 is 0 Å². The molecule has 4 nitrogen and oxygen atoms in total. The van der Waals surface area contributed by atoms with Gasteiger partial charge in [-0.1, -0.05) is 18.2 Å². The third kappa shape index (κ3) is 3.03. The van der Waals surface area contributed by atoms with Gasteiger partial charge in [0, 0.05) is 24.2 Å². The van der Waals surface area contributed by atoms with Gasteiger partial charge in [-0.3, -0.25) is 4.79 Å². The molecule has 3 rings (SSSR count). The maximum Gasteiger partial charge on any atom is 0.338 e. The number of aryl methyl sites for hydroxylation is 2. The Balaban J connectivity index is 2.25. The highest BCUT2D eigenvalue weighted by Gasteiger charge is 2.20. The molecule has 26 heavy (non-hydrogen) atoms. The zero-order chi connectivity index (χ0) is 19.0. The Morgan fingerprint density at radius 2 is 1.73 bits per heavy atom. The van der Waals surface area contributed by atoms with Crippen molar-refractivity contribution in [2.75, 3.05) is 6.61 Å². The lowest BCUT2D eigenvalue weighted by atomic mass is 10.0. The molecule has 0 fully saturated rings. The van der Waals surface area contributed by atoms with E-state index in [4.69, 9.17) is 4.74 Å². The lowest BCUT2D eigenvalue weighted by Gasteiger charge is -2.12. The number of ketones is 1. The monoisotopic (exact) mass is 349 g/mol. The number of fused-ring (bicyclic) bond motifs is 1. The van der Waals surface area contributed by atoms with Crippen molar-refractivity contribution >= 4 is 17.3 Å². The van der Waals surface area contributed by atoms with Crippen LogP contribution in [0.1, 0.15) is 51.4 Å². The molecular formula is C22H23NO3. The zero-order valence-electron chi connectivity index (χ0n) is 15.8. The Bertz CT molecular complexity index is 1030. The second-order valence-electron chi connectivity index (χ2n) is 6.63. The fraction of sp³-hybridized carbons (Fsp3) is 0.273. The first kappa shape index (κ1) is 17.9. The van der Waals surface area contributed by atoms with Crippen LogP contribution in [0.5, 0.6) is 0 Å². The summed E-state index contributed by atoms with van der Waals surface area (Å²) in [6.07, 6.45) is 1.96. The first-order valence-electron chi connectivity index (χ1n) is 8.74. The van der Waals surface area contributed by atoms with Crippen molar-refractivity contribution in [3.05, 3.63) is 64.5 Å². The Morgan fingerprint density at radius 3 is 2.35 bits per heavy atom. The molecule has 0 amide bonds. The van der Waals surface area contributed by atoms with Crippen molar-refractivity contribution in [1.29, 1.82) is 0 Å². The van der Waals surface area contributed by atoms with Crippen LogP contribution in [-0.2, 0) is 4.74 Å². The number of benzene rings is 1. The van der Waals surface area contributed by atoms with Crippen LogP contribution in [0, 0.1) is 20.8 Å². The van der Waals surface area contributed by atoms with Gasteiger partial charge in [0.25, 0.3) is 0 Å². The van der Waals surface area contributed by atoms with Gasteiger partial charge in [-0.25, -0.2) is 4.79 Å². The Kier molecular flexibility index (Phi) is 4.68. The van der Waals surface area contributed by atoms with Crippen LogP contribution in [-0.4, -0.2) is 22.8 Å². The molecule has 0 N–H and O–H groups in total. The van der Waals surface area contributed by atoms with Gasteiger partial charge in [0.1, 0.15) is 0 Å². The highest BCUT2D eigenvalue weighted by atomic mass is 16.5.